The van der Waals surface area contributed by atoms with E-state index in [4.69, 9.17) is 0 Å². The maximum absolute atomic E-state index is 11.9. The van der Waals surface area contributed by atoms with E-state index in [0.717, 1.165) is 6.42 Å². The van der Waals surface area contributed by atoms with Crippen molar-refractivity contribution in [1.82, 2.24) is 4.31 Å². The summed E-state index contributed by atoms with van der Waals surface area (Å²) in [4.78, 5) is 0. The van der Waals surface area contributed by atoms with Gasteiger partial charge in [-0.05, 0) is 25.7 Å². The summed E-state index contributed by atoms with van der Waals surface area (Å²) in [5.41, 5.74) is 1.52. The van der Waals surface area contributed by atoms with Gasteiger partial charge < -0.3 is 0 Å². The van der Waals surface area contributed by atoms with Gasteiger partial charge in [0.25, 0.3) is 0 Å². The summed E-state index contributed by atoms with van der Waals surface area (Å²) in [5.74, 6) is 0. The highest BCUT2D eigenvalue weighted by atomic mass is 32.2. The van der Waals surface area contributed by atoms with Gasteiger partial charge in [-0.1, -0.05) is 32.4 Å². The summed E-state index contributed by atoms with van der Waals surface area (Å²) in [6.07, 6.45) is 2.93. The Morgan fingerprint density at radius 1 is 1.31 bits per heavy atom. The molecule has 4 heteroatoms. The molecule has 3 nitrogen and oxygen atoms in total. The van der Waals surface area contributed by atoms with Crippen LogP contribution in [0.15, 0.2) is 11.6 Å². The van der Waals surface area contributed by atoms with Gasteiger partial charge in [-0.25, -0.2) is 8.42 Å². The highest BCUT2D eigenvalue weighted by Gasteiger charge is 2.29. The lowest BCUT2D eigenvalue weighted by molar-refractivity contribution is 0.387. The Hall–Kier alpha value is -0.350. The molecule has 94 valence electrons. The maximum atomic E-state index is 11.9. The van der Waals surface area contributed by atoms with Gasteiger partial charge >= 0.3 is 0 Å². The molecular formula is C12H23NO2S. The quantitative estimate of drug-likeness (QED) is 0.701. The van der Waals surface area contributed by atoms with Crippen molar-refractivity contribution in [1.29, 1.82) is 0 Å². The van der Waals surface area contributed by atoms with Gasteiger partial charge in [0.1, 0.15) is 0 Å². The molecule has 0 aliphatic carbocycles. The van der Waals surface area contributed by atoms with E-state index in [9.17, 15) is 8.42 Å². The maximum Gasteiger partial charge on any atom is 0.216 e. The normalized spacial score (nSPS) is 20.0. The third-order valence-corrected chi connectivity index (χ3v) is 5.33. The van der Waals surface area contributed by atoms with E-state index >= 15 is 0 Å². The van der Waals surface area contributed by atoms with Crippen LogP contribution in [0.4, 0.5) is 0 Å². The molecule has 0 spiro atoms. The van der Waals surface area contributed by atoms with Crippen LogP contribution >= 0.6 is 0 Å². The number of rotatable bonds is 2. The molecule has 0 aromatic carbocycles. The first-order valence-corrected chi connectivity index (χ1v) is 7.34. The molecule has 0 aromatic heterocycles. The summed E-state index contributed by atoms with van der Waals surface area (Å²) in [7, 11) is -3.08. The lowest BCUT2D eigenvalue weighted by Crippen LogP contribution is -2.40. The molecule has 1 aliphatic heterocycles. The van der Waals surface area contributed by atoms with Crippen LogP contribution in [0.3, 0.4) is 0 Å². The SMILES string of the molecule is CC(C)S(=O)(=O)N1CC=C(C(C)(C)C)CC1. The average Bonchev–Trinajstić information content (AvgIpc) is 2.16. The first kappa shape index (κ1) is 13.7. The molecule has 0 amide bonds. The van der Waals surface area contributed by atoms with Crippen LogP contribution in [-0.4, -0.2) is 31.1 Å². The minimum absolute atomic E-state index is 0.160. The van der Waals surface area contributed by atoms with Crippen molar-refractivity contribution >= 4 is 10.0 Å². The molecule has 1 heterocycles. The van der Waals surface area contributed by atoms with Crippen LogP contribution in [0.2, 0.25) is 0 Å². The first-order chi connectivity index (χ1) is 7.15. The number of hydrogen-bond donors (Lipinski definition) is 0. The van der Waals surface area contributed by atoms with Crippen molar-refractivity contribution in [2.75, 3.05) is 13.1 Å². The lowest BCUT2D eigenvalue weighted by atomic mass is 9.83. The van der Waals surface area contributed by atoms with Gasteiger partial charge in [-0.3, -0.25) is 0 Å². The summed E-state index contributed by atoms with van der Waals surface area (Å²) in [5, 5.41) is -0.322. The van der Waals surface area contributed by atoms with Crippen LogP contribution in [0, 0.1) is 5.41 Å². The highest BCUT2D eigenvalue weighted by molar-refractivity contribution is 7.89. The van der Waals surface area contributed by atoms with E-state index < -0.39 is 10.0 Å². The Bertz CT molecular complexity index is 374. The largest absolute Gasteiger partial charge is 0.216 e. The van der Waals surface area contributed by atoms with Gasteiger partial charge in [-0.2, -0.15) is 4.31 Å². The Kier molecular flexibility index (Phi) is 3.85. The standard InChI is InChI=1S/C12H23NO2S/c1-10(2)16(14,15)13-8-6-11(7-9-13)12(3,4)5/h6,10H,7-9H2,1-5H3. The minimum atomic E-state index is -3.08. The molecule has 0 aromatic rings. The van der Waals surface area contributed by atoms with Gasteiger partial charge in [0.15, 0.2) is 0 Å². The molecule has 0 fully saturated rings. The topological polar surface area (TPSA) is 37.4 Å². The molecule has 0 N–H and O–H groups in total. The third-order valence-electron chi connectivity index (χ3n) is 3.09. The lowest BCUT2D eigenvalue weighted by Gasteiger charge is -2.32. The van der Waals surface area contributed by atoms with Crippen LogP contribution < -0.4 is 0 Å². The minimum Gasteiger partial charge on any atom is -0.212 e. The van der Waals surface area contributed by atoms with E-state index in [1.165, 1.54) is 5.57 Å². The van der Waals surface area contributed by atoms with Gasteiger partial charge in [0, 0.05) is 13.1 Å². The fraction of sp³-hybridized carbons (Fsp3) is 0.833. The zero-order valence-electron chi connectivity index (χ0n) is 10.9. The van der Waals surface area contributed by atoms with Gasteiger partial charge in [0.05, 0.1) is 5.25 Å². The predicted octanol–water partition coefficient (Wildman–Crippen LogP) is 2.40. The van der Waals surface area contributed by atoms with Crippen LogP contribution in [0.1, 0.15) is 41.0 Å². The zero-order chi connectivity index (χ0) is 12.6. The van der Waals surface area contributed by atoms with E-state index in [-0.39, 0.29) is 10.7 Å². The number of nitrogens with zero attached hydrogens (tertiary/aromatic N) is 1. The Morgan fingerprint density at radius 2 is 1.88 bits per heavy atom. The molecule has 0 unspecified atom stereocenters. The second kappa shape index (κ2) is 4.49. The molecule has 1 aliphatic rings. The Labute approximate surface area is 99.6 Å². The number of sulfonamides is 1. The fourth-order valence-electron chi connectivity index (χ4n) is 1.86. The van der Waals surface area contributed by atoms with Crippen molar-refractivity contribution < 1.29 is 8.42 Å². The van der Waals surface area contributed by atoms with E-state index in [2.05, 4.69) is 26.8 Å². The molecular weight excluding hydrogens is 222 g/mol. The van der Waals surface area contributed by atoms with Crippen molar-refractivity contribution in [2.45, 2.75) is 46.3 Å². The smallest absolute Gasteiger partial charge is 0.212 e. The van der Waals surface area contributed by atoms with Crippen molar-refractivity contribution in [3.63, 3.8) is 0 Å². The van der Waals surface area contributed by atoms with Crippen LogP contribution in [0.25, 0.3) is 0 Å². The van der Waals surface area contributed by atoms with Crippen LogP contribution in [-0.2, 0) is 10.0 Å². The van der Waals surface area contributed by atoms with Crippen molar-refractivity contribution in [3.8, 4) is 0 Å². The average molecular weight is 245 g/mol. The summed E-state index contributed by atoms with van der Waals surface area (Å²) in [6, 6.07) is 0. The van der Waals surface area contributed by atoms with E-state index in [0.29, 0.717) is 13.1 Å². The molecule has 0 atom stereocenters. The molecule has 0 saturated carbocycles. The summed E-state index contributed by atoms with van der Waals surface area (Å²) < 4.78 is 25.5. The van der Waals surface area contributed by atoms with E-state index in [1.54, 1.807) is 18.2 Å². The Balaban J connectivity index is 2.80. The fourth-order valence-corrected chi connectivity index (χ4v) is 3.09. The van der Waals surface area contributed by atoms with Crippen LogP contribution in [0.5, 0.6) is 0 Å². The van der Waals surface area contributed by atoms with Crippen molar-refractivity contribution in [2.24, 2.45) is 5.41 Å². The summed E-state index contributed by atoms with van der Waals surface area (Å²) >= 11 is 0. The molecule has 16 heavy (non-hydrogen) atoms. The molecule has 0 saturated heterocycles. The summed E-state index contributed by atoms with van der Waals surface area (Å²) in [6.45, 7) is 11.1. The van der Waals surface area contributed by atoms with E-state index in [1.807, 2.05) is 0 Å². The van der Waals surface area contributed by atoms with Gasteiger partial charge in [0.2, 0.25) is 10.0 Å². The Morgan fingerprint density at radius 3 is 2.19 bits per heavy atom. The molecule has 1 rings (SSSR count). The van der Waals surface area contributed by atoms with Gasteiger partial charge in [-0.15, -0.1) is 0 Å². The monoisotopic (exact) mass is 245 g/mol. The molecule has 0 bridgehead atoms. The predicted molar refractivity (Wildman–Crippen MR) is 67.8 cm³/mol. The third kappa shape index (κ3) is 2.86. The second-order valence-corrected chi connectivity index (χ2v) is 8.17. The first-order valence-electron chi connectivity index (χ1n) is 5.84. The zero-order valence-corrected chi connectivity index (χ0v) is 11.8. The molecule has 0 radical (unpaired) electrons. The second-order valence-electron chi connectivity index (χ2n) is 5.68. The van der Waals surface area contributed by atoms with Crippen molar-refractivity contribution in [3.05, 3.63) is 11.6 Å². The number of hydrogen-bond acceptors (Lipinski definition) is 2. The highest BCUT2D eigenvalue weighted by Crippen LogP contribution is 2.31.